The molecule has 0 amide bonds. The summed E-state index contributed by atoms with van der Waals surface area (Å²) >= 11 is 0. The highest BCUT2D eigenvalue weighted by molar-refractivity contribution is 5.81. The van der Waals surface area contributed by atoms with Crippen LogP contribution in [0.5, 0.6) is 0 Å². The maximum absolute atomic E-state index is 12.1. The topological polar surface area (TPSA) is 43.1 Å². The lowest BCUT2D eigenvalue weighted by molar-refractivity contribution is -0.118. The molecular weight excluding hydrogens is 246 g/mol. The SMILES string of the molecule is Cc1cc(C)cc(CC(=O)CCc2cccc(N)c2)c1. The van der Waals surface area contributed by atoms with Crippen molar-refractivity contribution in [1.82, 2.24) is 0 Å². The smallest absolute Gasteiger partial charge is 0.137 e. The monoisotopic (exact) mass is 267 g/mol. The third kappa shape index (κ3) is 4.23. The number of benzene rings is 2. The van der Waals surface area contributed by atoms with Crippen molar-refractivity contribution in [3.8, 4) is 0 Å². The second-order valence-electron chi connectivity index (χ2n) is 5.46. The van der Waals surface area contributed by atoms with Crippen molar-refractivity contribution in [2.45, 2.75) is 33.1 Å². The number of ketones is 1. The summed E-state index contributed by atoms with van der Waals surface area (Å²) in [5, 5.41) is 0. The lowest BCUT2D eigenvalue weighted by atomic mass is 9.99. The van der Waals surface area contributed by atoms with E-state index in [1.54, 1.807) is 0 Å². The van der Waals surface area contributed by atoms with Gasteiger partial charge in [0.25, 0.3) is 0 Å². The average Bonchev–Trinajstić information content (AvgIpc) is 2.35. The predicted octanol–water partition coefficient (Wildman–Crippen LogP) is 3.63. The molecule has 0 unspecified atom stereocenters. The van der Waals surface area contributed by atoms with Crippen LogP contribution in [0.15, 0.2) is 42.5 Å². The molecule has 0 aliphatic carbocycles. The minimum absolute atomic E-state index is 0.275. The van der Waals surface area contributed by atoms with E-state index in [9.17, 15) is 4.79 Å². The zero-order valence-electron chi connectivity index (χ0n) is 12.1. The fraction of sp³-hybridized carbons (Fsp3) is 0.278. The van der Waals surface area contributed by atoms with Crippen LogP contribution in [-0.2, 0) is 17.6 Å². The second-order valence-corrected chi connectivity index (χ2v) is 5.46. The Morgan fingerprint density at radius 2 is 1.70 bits per heavy atom. The van der Waals surface area contributed by atoms with Crippen LogP contribution in [0.2, 0.25) is 0 Å². The summed E-state index contributed by atoms with van der Waals surface area (Å²) in [4.78, 5) is 12.1. The first kappa shape index (κ1) is 14.3. The summed E-state index contributed by atoms with van der Waals surface area (Å²) in [5.41, 5.74) is 11.1. The number of hydrogen-bond donors (Lipinski definition) is 1. The highest BCUT2D eigenvalue weighted by Gasteiger charge is 2.06. The minimum Gasteiger partial charge on any atom is -0.399 e. The van der Waals surface area contributed by atoms with Gasteiger partial charge in [0.15, 0.2) is 0 Å². The largest absolute Gasteiger partial charge is 0.399 e. The van der Waals surface area contributed by atoms with Crippen LogP contribution in [0, 0.1) is 13.8 Å². The molecule has 0 spiro atoms. The van der Waals surface area contributed by atoms with E-state index in [2.05, 4.69) is 32.0 Å². The van der Waals surface area contributed by atoms with E-state index >= 15 is 0 Å². The Bertz CT molecular complexity index is 596. The number of nitrogen functional groups attached to an aromatic ring is 1. The number of anilines is 1. The van der Waals surface area contributed by atoms with Gasteiger partial charge in [-0.1, -0.05) is 41.5 Å². The van der Waals surface area contributed by atoms with Gasteiger partial charge in [0.05, 0.1) is 0 Å². The molecule has 0 heterocycles. The van der Waals surface area contributed by atoms with Gasteiger partial charge in [-0.15, -0.1) is 0 Å². The Morgan fingerprint density at radius 3 is 2.35 bits per heavy atom. The van der Waals surface area contributed by atoms with E-state index in [0.717, 1.165) is 23.2 Å². The van der Waals surface area contributed by atoms with Crippen molar-refractivity contribution in [3.63, 3.8) is 0 Å². The van der Waals surface area contributed by atoms with Crippen LogP contribution < -0.4 is 5.73 Å². The zero-order chi connectivity index (χ0) is 14.5. The maximum atomic E-state index is 12.1. The molecule has 0 aliphatic rings. The molecule has 0 atom stereocenters. The Morgan fingerprint density at radius 1 is 1.00 bits per heavy atom. The number of nitrogens with two attached hydrogens (primary N) is 1. The quantitative estimate of drug-likeness (QED) is 0.841. The molecule has 2 rings (SSSR count). The Balaban J connectivity index is 1.92. The van der Waals surface area contributed by atoms with Gasteiger partial charge in [-0.05, 0) is 43.5 Å². The van der Waals surface area contributed by atoms with Gasteiger partial charge >= 0.3 is 0 Å². The molecule has 0 saturated heterocycles. The molecule has 0 radical (unpaired) electrons. The Labute approximate surface area is 120 Å². The van der Waals surface area contributed by atoms with E-state index in [-0.39, 0.29) is 5.78 Å². The number of carbonyl (C=O) groups excluding carboxylic acids is 1. The van der Waals surface area contributed by atoms with Gasteiger partial charge in [-0.2, -0.15) is 0 Å². The molecule has 104 valence electrons. The second kappa shape index (κ2) is 6.38. The van der Waals surface area contributed by atoms with Crippen LogP contribution in [-0.4, -0.2) is 5.78 Å². The van der Waals surface area contributed by atoms with Crippen molar-refractivity contribution in [2.24, 2.45) is 0 Å². The Hall–Kier alpha value is -2.09. The third-order valence-corrected chi connectivity index (χ3v) is 3.33. The van der Waals surface area contributed by atoms with Gasteiger partial charge in [0.1, 0.15) is 5.78 Å². The third-order valence-electron chi connectivity index (χ3n) is 3.33. The molecule has 2 aromatic rings. The molecule has 2 aromatic carbocycles. The summed E-state index contributed by atoms with van der Waals surface area (Å²) in [5.74, 6) is 0.275. The number of hydrogen-bond acceptors (Lipinski definition) is 2. The van der Waals surface area contributed by atoms with Gasteiger partial charge in [-0.3, -0.25) is 4.79 Å². The maximum Gasteiger partial charge on any atom is 0.137 e. The normalized spacial score (nSPS) is 10.5. The highest BCUT2D eigenvalue weighted by Crippen LogP contribution is 2.13. The molecule has 0 saturated carbocycles. The van der Waals surface area contributed by atoms with Crippen molar-refractivity contribution in [1.29, 1.82) is 0 Å². The summed E-state index contributed by atoms with van der Waals surface area (Å²) in [6, 6.07) is 14.0. The minimum atomic E-state index is 0.275. The van der Waals surface area contributed by atoms with E-state index < -0.39 is 0 Å². The first-order valence-electron chi connectivity index (χ1n) is 6.96. The fourth-order valence-electron chi connectivity index (χ4n) is 2.52. The van der Waals surface area contributed by atoms with Crippen LogP contribution >= 0.6 is 0 Å². The van der Waals surface area contributed by atoms with E-state index in [1.165, 1.54) is 11.1 Å². The molecule has 2 heteroatoms. The Kier molecular flexibility index (Phi) is 4.57. The number of Topliss-reactive ketones (excluding diaryl/α,β-unsaturated/α-hetero) is 1. The number of aryl methyl sites for hydroxylation is 3. The van der Waals surface area contributed by atoms with Crippen molar-refractivity contribution in [3.05, 3.63) is 64.7 Å². The standard InChI is InChI=1S/C18H21NO/c1-13-8-14(2)10-16(9-13)12-18(20)7-6-15-4-3-5-17(19)11-15/h3-5,8-11H,6-7,12,19H2,1-2H3. The summed E-state index contributed by atoms with van der Waals surface area (Å²) in [7, 11) is 0. The van der Waals surface area contributed by atoms with Crippen molar-refractivity contribution in [2.75, 3.05) is 5.73 Å². The van der Waals surface area contributed by atoms with Crippen LogP contribution in [0.1, 0.15) is 28.7 Å². The van der Waals surface area contributed by atoms with Gasteiger partial charge in [0.2, 0.25) is 0 Å². The van der Waals surface area contributed by atoms with Gasteiger partial charge in [0, 0.05) is 18.5 Å². The van der Waals surface area contributed by atoms with Gasteiger partial charge in [-0.25, -0.2) is 0 Å². The molecule has 0 bridgehead atoms. The van der Waals surface area contributed by atoms with Crippen LogP contribution in [0.4, 0.5) is 5.69 Å². The van der Waals surface area contributed by atoms with E-state index in [1.807, 2.05) is 24.3 Å². The first-order chi connectivity index (χ1) is 9.52. The van der Waals surface area contributed by atoms with Gasteiger partial charge < -0.3 is 5.73 Å². The summed E-state index contributed by atoms with van der Waals surface area (Å²) in [6.07, 6.45) is 1.84. The van der Waals surface area contributed by atoms with Crippen LogP contribution in [0.3, 0.4) is 0 Å². The molecule has 2 N–H and O–H groups in total. The predicted molar refractivity (Wildman–Crippen MR) is 83.8 cm³/mol. The lowest BCUT2D eigenvalue weighted by Crippen LogP contribution is -2.05. The van der Waals surface area contributed by atoms with Crippen molar-refractivity contribution >= 4 is 11.5 Å². The highest BCUT2D eigenvalue weighted by atomic mass is 16.1. The molecule has 2 nitrogen and oxygen atoms in total. The fourth-order valence-corrected chi connectivity index (χ4v) is 2.52. The van der Waals surface area contributed by atoms with E-state index in [4.69, 9.17) is 5.73 Å². The average molecular weight is 267 g/mol. The van der Waals surface area contributed by atoms with Crippen molar-refractivity contribution < 1.29 is 4.79 Å². The first-order valence-corrected chi connectivity index (χ1v) is 6.96. The lowest BCUT2D eigenvalue weighted by Gasteiger charge is -2.05. The molecule has 20 heavy (non-hydrogen) atoms. The number of carbonyl (C=O) groups is 1. The number of rotatable bonds is 5. The van der Waals surface area contributed by atoms with E-state index in [0.29, 0.717) is 12.8 Å². The summed E-state index contributed by atoms with van der Waals surface area (Å²) < 4.78 is 0. The molecule has 0 aromatic heterocycles. The van der Waals surface area contributed by atoms with Crippen LogP contribution in [0.25, 0.3) is 0 Å². The zero-order valence-corrected chi connectivity index (χ0v) is 12.1. The molecular formula is C18H21NO. The molecule has 0 fully saturated rings. The summed E-state index contributed by atoms with van der Waals surface area (Å²) in [6.45, 7) is 4.13. The molecule has 0 aliphatic heterocycles.